The molecule has 0 aliphatic rings. The van der Waals surface area contributed by atoms with Crippen molar-refractivity contribution in [2.75, 3.05) is 5.32 Å². The van der Waals surface area contributed by atoms with Crippen LogP contribution in [0.4, 0.5) is 5.69 Å². The van der Waals surface area contributed by atoms with Gasteiger partial charge in [0.05, 0.1) is 5.71 Å². The number of anilines is 1. The summed E-state index contributed by atoms with van der Waals surface area (Å²) in [7, 11) is 0. The lowest BCUT2D eigenvalue weighted by Gasteiger charge is -2.06. The lowest BCUT2D eigenvalue weighted by molar-refractivity contribution is -0.124. The van der Waals surface area contributed by atoms with E-state index in [0.29, 0.717) is 17.0 Å². The molecule has 0 aromatic heterocycles. The summed E-state index contributed by atoms with van der Waals surface area (Å²) in [6.07, 6.45) is 0.00535. The van der Waals surface area contributed by atoms with Crippen LogP contribution in [0.25, 0.3) is 0 Å². The fourth-order valence-electron chi connectivity index (χ4n) is 2.07. The first kappa shape index (κ1) is 19.7. The number of nitrogens with one attached hydrogen (secondary N) is 2. The number of benzene rings is 2. The molecule has 0 aliphatic heterocycles. The zero-order valence-electron chi connectivity index (χ0n) is 14.0. The third-order valence-electron chi connectivity index (χ3n) is 3.43. The zero-order valence-corrected chi connectivity index (χ0v) is 16.1. The van der Waals surface area contributed by atoms with Gasteiger partial charge in [0.25, 0.3) is 0 Å². The monoisotopic (exact) mass is 467 g/mol. The minimum absolute atomic E-state index is 0.0193. The summed E-state index contributed by atoms with van der Waals surface area (Å²) in [6.45, 7) is 1.61. The van der Waals surface area contributed by atoms with Crippen LogP contribution in [0.3, 0.4) is 0 Å². The Hall–Kier alpha value is -2.62. The van der Waals surface area contributed by atoms with Gasteiger partial charge in [-0.25, -0.2) is 5.43 Å². The van der Waals surface area contributed by atoms with Crippen molar-refractivity contribution in [3.8, 4) is 11.5 Å². The highest BCUT2D eigenvalue weighted by atomic mass is 127. The molecule has 26 heavy (non-hydrogen) atoms. The van der Waals surface area contributed by atoms with Gasteiger partial charge < -0.3 is 15.5 Å². The maximum atomic E-state index is 11.9. The number of rotatable bonds is 6. The molecule has 7 nitrogen and oxygen atoms in total. The quantitative estimate of drug-likeness (QED) is 0.298. The highest BCUT2D eigenvalue weighted by Crippen LogP contribution is 2.22. The Labute approximate surface area is 164 Å². The SMILES string of the molecule is C/C(=N/NC(=O)CCC(=O)Nc1ccc(I)cc1)c1ccc(O)cc1O. The van der Waals surface area contributed by atoms with Crippen LogP contribution in [0.1, 0.15) is 25.3 Å². The van der Waals surface area contributed by atoms with E-state index in [1.807, 2.05) is 12.1 Å². The number of phenols is 2. The van der Waals surface area contributed by atoms with Crippen molar-refractivity contribution in [3.05, 3.63) is 51.6 Å². The minimum Gasteiger partial charge on any atom is -0.508 e. The molecule has 2 rings (SSSR count). The van der Waals surface area contributed by atoms with E-state index in [1.165, 1.54) is 18.2 Å². The normalized spacial score (nSPS) is 11.1. The van der Waals surface area contributed by atoms with Crippen LogP contribution < -0.4 is 10.7 Å². The summed E-state index contributed by atoms with van der Waals surface area (Å²) in [5, 5.41) is 25.6. The summed E-state index contributed by atoms with van der Waals surface area (Å²) in [5.41, 5.74) is 3.78. The number of carbonyl (C=O) groups excluding carboxylic acids is 2. The van der Waals surface area contributed by atoms with E-state index in [1.54, 1.807) is 19.1 Å². The molecule has 0 atom stereocenters. The first-order valence-corrected chi connectivity index (χ1v) is 8.84. The van der Waals surface area contributed by atoms with E-state index in [0.717, 1.165) is 3.57 Å². The molecule has 0 radical (unpaired) electrons. The largest absolute Gasteiger partial charge is 0.508 e. The third-order valence-corrected chi connectivity index (χ3v) is 4.15. The summed E-state index contributed by atoms with van der Waals surface area (Å²) in [6, 6.07) is 11.4. The molecule has 0 saturated carbocycles. The molecule has 0 bridgehead atoms. The first-order valence-electron chi connectivity index (χ1n) is 7.76. The van der Waals surface area contributed by atoms with Crippen molar-refractivity contribution < 1.29 is 19.8 Å². The Balaban J connectivity index is 1.82. The lowest BCUT2D eigenvalue weighted by Crippen LogP contribution is -2.21. The van der Waals surface area contributed by atoms with Crippen molar-refractivity contribution in [1.82, 2.24) is 5.43 Å². The van der Waals surface area contributed by atoms with Crippen molar-refractivity contribution >= 4 is 45.8 Å². The van der Waals surface area contributed by atoms with Crippen LogP contribution in [-0.4, -0.2) is 27.7 Å². The molecule has 0 fully saturated rings. The number of amides is 2. The second-order valence-corrected chi connectivity index (χ2v) is 6.73. The summed E-state index contributed by atoms with van der Waals surface area (Å²) < 4.78 is 1.06. The fraction of sp³-hybridized carbons (Fsp3) is 0.167. The lowest BCUT2D eigenvalue weighted by atomic mass is 10.1. The number of halogens is 1. The van der Waals surface area contributed by atoms with E-state index in [2.05, 4.69) is 38.4 Å². The van der Waals surface area contributed by atoms with Crippen LogP contribution in [0.2, 0.25) is 0 Å². The highest BCUT2D eigenvalue weighted by Gasteiger charge is 2.09. The maximum absolute atomic E-state index is 11.9. The van der Waals surface area contributed by atoms with Gasteiger partial charge in [-0.2, -0.15) is 5.10 Å². The number of aromatic hydroxyl groups is 2. The molecular formula is C18H18IN3O4. The Morgan fingerprint density at radius 1 is 1.04 bits per heavy atom. The smallest absolute Gasteiger partial charge is 0.240 e. The van der Waals surface area contributed by atoms with E-state index in [4.69, 9.17) is 0 Å². The van der Waals surface area contributed by atoms with E-state index < -0.39 is 5.91 Å². The molecule has 2 aromatic carbocycles. The molecule has 136 valence electrons. The molecule has 2 amide bonds. The summed E-state index contributed by atoms with van der Waals surface area (Å²) in [4.78, 5) is 23.7. The molecule has 4 N–H and O–H groups in total. The van der Waals surface area contributed by atoms with Crippen molar-refractivity contribution in [2.45, 2.75) is 19.8 Å². The Bertz CT molecular complexity index is 835. The van der Waals surface area contributed by atoms with Crippen LogP contribution in [0, 0.1) is 3.57 Å². The molecular weight excluding hydrogens is 449 g/mol. The average Bonchev–Trinajstić information content (AvgIpc) is 2.60. The highest BCUT2D eigenvalue weighted by molar-refractivity contribution is 14.1. The van der Waals surface area contributed by atoms with Crippen molar-refractivity contribution in [2.24, 2.45) is 5.10 Å². The van der Waals surface area contributed by atoms with Gasteiger partial charge in [-0.1, -0.05) is 0 Å². The minimum atomic E-state index is -0.416. The Kier molecular flexibility index (Phi) is 6.96. The second-order valence-electron chi connectivity index (χ2n) is 5.49. The third kappa shape index (κ3) is 6.03. The standard InChI is InChI=1S/C18H18IN3O4/c1-11(15-7-6-14(23)10-16(15)24)21-22-18(26)9-8-17(25)20-13-4-2-12(19)3-5-13/h2-7,10,23-24H,8-9H2,1H3,(H,20,25)(H,22,26)/b21-11-. The first-order chi connectivity index (χ1) is 12.3. The predicted molar refractivity (Wildman–Crippen MR) is 107 cm³/mol. The van der Waals surface area contributed by atoms with Crippen LogP contribution >= 0.6 is 22.6 Å². The van der Waals surface area contributed by atoms with Gasteiger partial charge in [-0.15, -0.1) is 0 Å². The van der Waals surface area contributed by atoms with E-state index >= 15 is 0 Å². The number of carbonyl (C=O) groups is 2. The summed E-state index contributed by atoms with van der Waals surface area (Å²) >= 11 is 2.17. The fourth-order valence-corrected chi connectivity index (χ4v) is 2.43. The van der Waals surface area contributed by atoms with Gasteiger partial charge >= 0.3 is 0 Å². The van der Waals surface area contributed by atoms with Gasteiger partial charge in [0, 0.05) is 33.7 Å². The summed E-state index contributed by atoms with van der Waals surface area (Å²) in [5.74, 6) is -0.891. The van der Waals surface area contributed by atoms with Crippen molar-refractivity contribution in [3.63, 3.8) is 0 Å². The maximum Gasteiger partial charge on any atom is 0.240 e. The molecule has 0 spiro atoms. The topological polar surface area (TPSA) is 111 Å². The van der Waals surface area contributed by atoms with Crippen LogP contribution in [0.5, 0.6) is 11.5 Å². The number of nitrogens with zero attached hydrogens (tertiary/aromatic N) is 1. The number of hydrazone groups is 1. The Morgan fingerprint density at radius 2 is 1.69 bits per heavy atom. The number of hydrogen-bond acceptors (Lipinski definition) is 5. The van der Waals surface area contributed by atoms with E-state index in [9.17, 15) is 19.8 Å². The second kappa shape index (κ2) is 9.18. The van der Waals surface area contributed by atoms with E-state index in [-0.39, 0.29) is 30.2 Å². The molecule has 0 aliphatic carbocycles. The molecule has 0 saturated heterocycles. The van der Waals surface area contributed by atoms with Crippen LogP contribution in [-0.2, 0) is 9.59 Å². The predicted octanol–water partition coefficient (Wildman–Crippen LogP) is 2.96. The number of phenolic OH excluding ortho intramolecular Hbond substituents is 2. The Morgan fingerprint density at radius 3 is 2.35 bits per heavy atom. The zero-order chi connectivity index (χ0) is 19.1. The molecule has 0 unspecified atom stereocenters. The van der Waals surface area contributed by atoms with Gasteiger partial charge in [0.15, 0.2) is 0 Å². The van der Waals surface area contributed by atoms with Gasteiger partial charge in [-0.3, -0.25) is 9.59 Å². The van der Waals surface area contributed by atoms with Crippen LogP contribution in [0.15, 0.2) is 47.6 Å². The molecule has 8 heteroatoms. The average molecular weight is 467 g/mol. The van der Waals surface area contributed by atoms with Gasteiger partial charge in [-0.05, 0) is 65.9 Å². The number of hydrogen-bond donors (Lipinski definition) is 4. The molecule has 0 heterocycles. The van der Waals surface area contributed by atoms with Gasteiger partial charge in [0.2, 0.25) is 11.8 Å². The molecule has 2 aromatic rings. The van der Waals surface area contributed by atoms with Crippen molar-refractivity contribution in [1.29, 1.82) is 0 Å². The van der Waals surface area contributed by atoms with Gasteiger partial charge in [0.1, 0.15) is 11.5 Å².